The number of guanidine groups is 1. The molecule has 1 aromatic heterocycles. The highest BCUT2D eigenvalue weighted by atomic mass is 127. The lowest BCUT2D eigenvalue weighted by molar-refractivity contribution is 0.194. The smallest absolute Gasteiger partial charge is 0.191 e. The van der Waals surface area contributed by atoms with Crippen molar-refractivity contribution in [2.75, 3.05) is 33.4 Å². The van der Waals surface area contributed by atoms with Gasteiger partial charge in [0.2, 0.25) is 0 Å². The molecule has 1 aliphatic heterocycles. The molecule has 184 valence electrons. The lowest BCUT2D eigenvalue weighted by Crippen LogP contribution is -2.48. The van der Waals surface area contributed by atoms with E-state index in [1.807, 2.05) is 18.5 Å². The molecule has 1 aliphatic rings. The summed E-state index contributed by atoms with van der Waals surface area (Å²) < 4.78 is 33.7. The first-order chi connectivity index (χ1) is 15.5. The lowest BCUT2D eigenvalue weighted by atomic mass is 10.0. The minimum absolute atomic E-state index is 0. The molecule has 0 amide bonds. The molecule has 2 heterocycles. The van der Waals surface area contributed by atoms with Crippen molar-refractivity contribution in [3.05, 3.63) is 47.0 Å². The Labute approximate surface area is 211 Å². The molecule has 0 saturated carbocycles. The number of piperidine rings is 1. The van der Waals surface area contributed by atoms with Crippen molar-refractivity contribution < 1.29 is 13.5 Å². The third-order valence-corrected chi connectivity index (χ3v) is 5.70. The number of nitrogens with zero attached hydrogens (tertiary/aromatic N) is 5. The molecule has 8 nitrogen and oxygen atoms in total. The van der Waals surface area contributed by atoms with Crippen LogP contribution < -0.4 is 10.6 Å². The number of aryl methyl sites for hydroxylation is 1. The van der Waals surface area contributed by atoms with E-state index in [1.165, 1.54) is 12.1 Å². The summed E-state index contributed by atoms with van der Waals surface area (Å²) in [6.07, 6.45) is 2.75. The largest absolute Gasteiger partial charge is 0.385 e. The molecule has 33 heavy (non-hydrogen) atoms. The fraction of sp³-hybridized carbons (Fsp3) is 0.591. The highest BCUT2D eigenvalue weighted by Gasteiger charge is 2.20. The Balaban J connectivity index is 0.00000385. The van der Waals surface area contributed by atoms with Crippen molar-refractivity contribution >= 4 is 29.9 Å². The molecule has 0 unspecified atom stereocenters. The molecule has 0 bridgehead atoms. The van der Waals surface area contributed by atoms with Gasteiger partial charge in [-0.05, 0) is 43.9 Å². The van der Waals surface area contributed by atoms with Crippen LogP contribution >= 0.6 is 24.0 Å². The Bertz CT molecular complexity index is 901. The van der Waals surface area contributed by atoms with E-state index < -0.39 is 11.6 Å². The Hall–Kier alpha value is -1.86. The summed E-state index contributed by atoms with van der Waals surface area (Å²) in [5.74, 6) is 0.810. The van der Waals surface area contributed by atoms with E-state index in [1.54, 1.807) is 13.2 Å². The van der Waals surface area contributed by atoms with Gasteiger partial charge >= 0.3 is 0 Å². The summed E-state index contributed by atoms with van der Waals surface area (Å²) in [6.45, 7) is 6.15. The van der Waals surface area contributed by atoms with Crippen molar-refractivity contribution in [1.29, 1.82) is 0 Å². The van der Waals surface area contributed by atoms with Gasteiger partial charge in [0.05, 0.1) is 0 Å². The van der Waals surface area contributed by atoms with Gasteiger partial charge in [0.25, 0.3) is 0 Å². The van der Waals surface area contributed by atoms with Gasteiger partial charge in [-0.1, -0.05) is 6.07 Å². The minimum Gasteiger partial charge on any atom is -0.385 e. The van der Waals surface area contributed by atoms with Crippen LogP contribution in [-0.4, -0.2) is 65.0 Å². The molecule has 2 N–H and O–H groups in total. The van der Waals surface area contributed by atoms with Gasteiger partial charge in [0.15, 0.2) is 23.4 Å². The number of aliphatic imine (C=N–C) groups is 1. The SMILES string of the molecule is COCCCNC(=NCc1nnc(C)n1C)NC1CCN(Cc2ccc(F)c(F)c2)CC1.I. The number of rotatable bonds is 9. The molecule has 1 saturated heterocycles. The molecule has 2 aromatic rings. The second-order valence-corrected chi connectivity index (χ2v) is 8.10. The number of ether oxygens (including phenoxy) is 1. The molecule has 1 fully saturated rings. The second-order valence-electron chi connectivity index (χ2n) is 8.10. The summed E-state index contributed by atoms with van der Waals surface area (Å²) in [5.41, 5.74) is 0.788. The fourth-order valence-electron chi connectivity index (χ4n) is 3.64. The monoisotopic (exact) mass is 577 g/mol. The number of hydrogen-bond acceptors (Lipinski definition) is 5. The standard InChI is InChI=1S/C22H33F2N7O.HI/c1-16-28-29-21(30(16)2)14-26-22(25-9-4-12-32-3)27-18-7-10-31(11-8-18)15-17-5-6-19(23)20(24)13-17;/h5-6,13,18H,4,7-12,14-15H2,1-3H3,(H2,25,26,27);1H. The number of benzene rings is 1. The molecule has 3 rings (SSSR count). The van der Waals surface area contributed by atoms with Crippen LogP contribution in [0, 0.1) is 18.6 Å². The summed E-state index contributed by atoms with van der Waals surface area (Å²) in [6, 6.07) is 4.40. The zero-order valence-electron chi connectivity index (χ0n) is 19.5. The molecular formula is C22H34F2IN7O. The van der Waals surface area contributed by atoms with Crippen molar-refractivity contribution in [2.24, 2.45) is 12.0 Å². The topological polar surface area (TPSA) is 79.6 Å². The van der Waals surface area contributed by atoms with Gasteiger partial charge < -0.3 is 19.9 Å². The Kier molecular flexibility index (Phi) is 11.4. The van der Waals surface area contributed by atoms with Gasteiger partial charge in [-0.25, -0.2) is 13.8 Å². The first-order valence-corrected chi connectivity index (χ1v) is 11.0. The number of hydrogen-bond donors (Lipinski definition) is 2. The summed E-state index contributed by atoms with van der Waals surface area (Å²) in [5, 5.41) is 15.2. The molecular weight excluding hydrogens is 543 g/mol. The lowest BCUT2D eigenvalue weighted by Gasteiger charge is -2.33. The van der Waals surface area contributed by atoms with Crippen LogP contribution in [0.5, 0.6) is 0 Å². The van der Waals surface area contributed by atoms with E-state index in [2.05, 4.69) is 25.7 Å². The van der Waals surface area contributed by atoms with E-state index >= 15 is 0 Å². The molecule has 11 heteroatoms. The third kappa shape index (κ3) is 8.45. The van der Waals surface area contributed by atoms with Gasteiger partial charge in [-0.15, -0.1) is 34.2 Å². The van der Waals surface area contributed by atoms with Crippen LogP contribution in [-0.2, 0) is 24.9 Å². The maximum absolute atomic E-state index is 13.5. The number of aromatic nitrogens is 3. The van der Waals surface area contributed by atoms with Crippen LogP contribution in [0.3, 0.4) is 0 Å². The molecule has 0 radical (unpaired) electrons. The van der Waals surface area contributed by atoms with Crippen LogP contribution in [0.4, 0.5) is 8.78 Å². The Morgan fingerprint density at radius 3 is 2.61 bits per heavy atom. The first kappa shape index (κ1) is 27.4. The third-order valence-electron chi connectivity index (χ3n) is 5.70. The van der Waals surface area contributed by atoms with E-state index in [-0.39, 0.29) is 30.0 Å². The molecule has 0 spiro atoms. The minimum atomic E-state index is -0.807. The average Bonchev–Trinajstić information content (AvgIpc) is 3.11. The molecule has 1 aromatic carbocycles. The second kappa shape index (κ2) is 13.8. The number of likely N-dealkylation sites (tertiary alicyclic amines) is 1. The van der Waals surface area contributed by atoms with Crippen LogP contribution in [0.25, 0.3) is 0 Å². The average molecular weight is 577 g/mol. The Morgan fingerprint density at radius 2 is 1.97 bits per heavy atom. The highest BCUT2D eigenvalue weighted by molar-refractivity contribution is 14.0. The normalized spacial score (nSPS) is 15.4. The number of halogens is 3. The molecule has 0 aliphatic carbocycles. The van der Waals surface area contributed by atoms with Crippen LogP contribution in [0.2, 0.25) is 0 Å². The van der Waals surface area contributed by atoms with E-state index in [0.29, 0.717) is 19.7 Å². The maximum Gasteiger partial charge on any atom is 0.191 e. The fourth-order valence-corrected chi connectivity index (χ4v) is 3.64. The van der Waals surface area contributed by atoms with Gasteiger partial charge in [0.1, 0.15) is 12.4 Å². The van der Waals surface area contributed by atoms with E-state index in [4.69, 9.17) is 9.73 Å². The van der Waals surface area contributed by atoms with E-state index in [0.717, 1.165) is 62.1 Å². The molecule has 0 atom stereocenters. The zero-order chi connectivity index (χ0) is 22.9. The number of methoxy groups -OCH3 is 1. The maximum atomic E-state index is 13.5. The van der Waals surface area contributed by atoms with Gasteiger partial charge in [-0.3, -0.25) is 4.90 Å². The van der Waals surface area contributed by atoms with Crippen molar-refractivity contribution in [2.45, 2.75) is 45.3 Å². The predicted octanol–water partition coefficient (Wildman–Crippen LogP) is 2.76. The summed E-state index contributed by atoms with van der Waals surface area (Å²) in [7, 11) is 3.62. The zero-order valence-corrected chi connectivity index (χ0v) is 21.8. The predicted molar refractivity (Wildman–Crippen MR) is 135 cm³/mol. The van der Waals surface area contributed by atoms with Crippen LogP contribution in [0.15, 0.2) is 23.2 Å². The first-order valence-electron chi connectivity index (χ1n) is 11.0. The number of nitrogens with one attached hydrogen (secondary N) is 2. The van der Waals surface area contributed by atoms with Crippen LogP contribution in [0.1, 0.15) is 36.5 Å². The van der Waals surface area contributed by atoms with Crippen molar-refractivity contribution in [3.8, 4) is 0 Å². The summed E-state index contributed by atoms with van der Waals surface area (Å²) >= 11 is 0. The van der Waals surface area contributed by atoms with Crippen molar-refractivity contribution in [1.82, 2.24) is 30.3 Å². The quantitative estimate of drug-likeness (QED) is 0.207. The summed E-state index contributed by atoms with van der Waals surface area (Å²) in [4.78, 5) is 6.96. The van der Waals surface area contributed by atoms with Gasteiger partial charge in [0, 0.05) is 53.0 Å². The highest BCUT2D eigenvalue weighted by Crippen LogP contribution is 2.16. The van der Waals surface area contributed by atoms with Crippen molar-refractivity contribution in [3.63, 3.8) is 0 Å². The van der Waals surface area contributed by atoms with Gasteiger partial charge in [-0.2, -0.15) is 0 Å². The Morgan fingerprint density at radius 1 is 1.21 bits per heavy atom. The van der Waals surface area contributed by atoms with E-state index in [9.17, 15) is 8.78 Å².